The zero-order valence-electron chi connectivity index (χ0n) is 20.3. The van der Waals surface area contributed by atoms with Crippen LogP contribution in [0.2, 0.25) is 0 Å². The first kappa shape index (κ1) is 38.6. The van der Waals surface area contributed by atoms with Gasteiger partial charge in [0, 0.05) is 57.3 Å². The number of carbonyl (C=O) groups excluding carboxylic acids is 1. The van der Waals surface area contributed by atoms with Gasteiger partial charge in [0.15, 0.2) is 0 Å². The van der Waals surface area contributed by atoms with Gasteiger partial charge in [-0.25, -0.2) is 0 Å². The Kier molecular flexibility index (Phi) is 22.9. The largest absolute Gasteiger partial charge is 0.348 e. The molecule has 1 saturated heterocycles. The number of hydrogen-bond donors (Lipinski definition) is 2. The summed E-state index contributed by atoms with van der Waals surface area (Å²) in [5.41, 5.74) is 0. The van der Waals surface area contributed by atoms with E-state index in [-0.39, 0.29) is 23.0 Å². The second-order valence-electron chi connectivity index (χ2n) is 7.97. The molecule has 1 radical (unpaired) electrons. The summed E-state index contributed by atoms with van der Waals surface area (Å²) in [6.07, 6.45) is 2.32. The predicted octanol–water partition coefficient (Wildman–Crippen LogP) is -8.28. The zero-order valence-corrected chi connectivity index (χ0v) is 22.8. The minimum absolute atomic E-state index is 0. The summed E-state index contributed by atoms with van der Waals surface area (Å²) in [6.45, 7) is 9.13. The van der Waals surface area contributed by atoms with E-state index in [1.165, 1.54) is 6.42 Å². The van der Waals surface area contributed by atoms with Crippen molar-refractivity contribution in [1.82, 2.24) is 24.5 Å². The summed E-state index contributed by atoms with van der Waals surface area (Å²) in [5.74, 6) is 0.198. The molecule has 34 heavy (non-hydrogen) atoms. The number of hydrogen-bond acceptors (Lipinski definition) is 13. The minimum atomic E-state index is -4.69. The fourth-order valence-corrected chi connectivity index (χ4v) is 2.77. The van der Waals surface area contributed by atoms with Gasteiger partial charge in [-0.05, 0) is 60.2 Å². The van der Waals surface area contributed by atoms with Gasteiger partial charge in [-0.3, -0.25) is 9.69 Å². The molecule has 1 rings (SSSR count). The normalized spacial score (nSPS) is 18.9. The summed E-state index contributed by atoms with van der Waals surface area (Å²) in [7, 11) is 0.883. The van der Waals surface area contributed by atoms with Crippen LogP contribution in [0.4, 0.5) is 0 Å². The fourth-order valence-electron chi connectivity index (χ4n) is 2.77. The van der Waals surface area contributed by atoms with Crippen molar-refractivity contribution < 1.29 is 79.6 Å². The number of rotatable bonds is 2. The van der Waals surface area contributed by atoms with E-state index in [0.717, 1.165) is 58.8 Å². The third-order valence-electron chi connectivity index (χ3n) is 4.61. The van der Waals surface area contributed by atoms with E-state index >= 15 is 0 Å². The molecule has 1 fully saturated rings. The second-order valence-corrected chi connectivity index (χ2v) is 9.56. The van der Waals surface area contributed by atoms with Crippen molar-refractivity contribution >= 4 is 5.91 Å². The number of likely N-dealkylation sites (N-methyl/N-ethyl adjacent to an activating group) is 4. The molecule has 2 N–H and O–H groups in total. The van der Waals surface area contributed by atoms with E-state index in [9.17, 15) is 4.79 Å². The summed E-state index contributed by atoms with van der Waals surface area (Å²) in [4.78, 5) is 23.2. The van der Waals surface area contributed by atoms with Crippen LogP contribution in [0, 0.1) is 20.5 Å². The van der Waals surface area contributed by atoms with E-state index in [4.69, 9.17) is 37.3 Å². The first-order valence-electron chi connectivity index (χ1n) is 10.1. The van der Waals surface area contributed by atoms with Gasteiger partial charge in [-0.15, -0.1) is 0 Å². The molecule has 0 aliphatic carbocycles. The topological polar surface area (TPSA) is 212 Å². The molecule has 0 bridgehead atoms. The Morgan fingerprint density at radius 1 is 0.706 bits per heavy atom. The van der Waals surface area contributed by atoms with Crippen LogP contribution in [0.3, 0.4) is 0 Å². The van der Waals surface area contributed by atoms with Crippen molar-refractivity contribution in [2.24, 2.45) is 0 Å². The molecule has 0 atom stereocenters. The van der Waals surface area contributed by atoms with Gasteiger partial charge >= 0.3 is 0 Å². The molecule has 0 aromatic heterocycles. The molecule has 0 spiro atoms. The molecule has 0 saturated carbocycles. The van der Waals surface area contributed by atoms with E-state index in [1.54, 1.807) is 4.90 Å². The molecule has 0 unspecified atom stereocenters. The summed E-state index contributed by atoms with van der Waals surface area (Å²) >= 11 is 0. The zero-order chi connectivity index (χ0) is 26.2. The van der Waals surface area contributed by atoms with Gasteiger partial charge in [-0.1, -0.05) is 0 Å². The van der Waals surface area contributed by atoms with Crippen LogP contribution in [0.25, 0.3) is 0 Å². The van der Waals surface area contributed by atoms with Crippen LogP contribution in [0.5, 0.6) is 0 Å². The number of amides is 1. The SMILES string of the molecule is CN1CCCN(C)CCN(CC(=O)N(C)C)CCCN(C)CC1.[Cu].[O-][Cl+3]([O-])([O-])O.[O-][Cl+3]([O-])([O-])O. The maximum absolute atomic E-state index is 12.0. The van der Waals surface area contributed by atoms with Gasteiger partial charge < -0.3 is 19.6 Å². The molecule has 211 valence electrons. The van der Waals surface area contributed by atoms with Gasteiger partial charge in [0.25, 0.3) is 0 Å². The maximum Gasteiger partial charge on any atom is 0.236 e. The third-order valence-corrected chi connectivity index (χ3v) is 4.61. The Hall–Kier alpha value is 0.0895. The van der Waals surface area contributed by atoms with Crippen molar-refractivity contribution in [3.8, 4) is 0 Å². The second kappa shape index (κ2) is 20.2. The first-order valence-corrected chi connectivity index (χ1v) is 12.7. The molecule has 1 aliphatic heterocycles. The quantitative estimate of drug-likeness (QED) is 0.286. The summed E-state index contributed by atoms with van der Waals surface area (Å²) in [5, 5.41) is 0. The van der Waals surface area contributed by atoms with Crippen LogP contribution < -0.4 is 28.0 Å². The minimum Gasteiger partial charge on any atom is -0.348 e. The predicted molar refractivity (Wildman–Crippen MR) is 101 cm³/mol. The standard InChI is InChI=1S/C17H37N5O.2ClHO4.Cu/c1-18(2)17(23)16-22-11-7-10-20(4)13-12-19(3)8-6-9-21(5)14-15-22;2*2-1(3,4)5;/h6-16H2,1-5H3;2*(H,2,3,4,5);. The van der Waals surface area contributed by atoms with Crippen molar-refractivity contribution in [3.05, 3.63) is 0 Å². The van der Waals surface area contributed by atoms with Crippen LogP contribution in [0.15, 0.2) is 0 Å². The number of halogens is 2. The van der Waals surface area contributed by atoms with Gasteiger partial charge in [-0.2, -0.15) is 28.0 Å². The summed E-state index contributed by atoms with van der Waals surface area (Å²) in [6, 6.07) is 0. The Morgan fingerprint density at radius 2 is 1.00 bits per heavy atom. The van der Waals surface area contributed by atoms with Gasteiger partial charge in [0.1, 0.15) is 0 Å². The average molecular weight is 592 g/mol. The van der Waals surface area contributed by atoms with E-state index in [0.29, 0.717) is 6.54 Å². The number of carbonyl (C=O) groups is 1. The number of nitrogens with zero attached hydrogens (tertiary/aromatic N) is 5. The van der Waals surface area contributed by atoms with E-state index in [2.05, 4.69) is 40.7 Å². The molecule has 0 aromatic rings. The Morgan fingerprint density at radius 3 is 1.32 bits per heavy atom. The molecule has 1 heterocycles. The molecule has 1 amide bonds. The summed E-state index contributed by atoms with van der Waals surface area (Å²) < 4.78 is 65.4. The van der Waals surface area contributed by atoms with Gasteiger partial charge in [0.2, 0.25) is 5.91 Å². The fraction of sp³-hybridized carbons (Fsp3) is 0.941. The molecule has 17 heteroatoms. The van der Waals surface area contributed by atoms with Crippen molar-refractivity contribution in [1.29, 1.82) is 0 Å². The van der Waals surface area contributed by atoms with Crippen molar-refractivity contribution in [3.63, 3.8) is 0 Å². The average Bonchev–Trinajstić information content (AvgIpc) is 2.60. The molecular formula is C17H39Cl2CuN5O9. The Balaban J connectivity index is -0.000000734. The Bertz CT molecular complexity index is 493. The monoisotopic (exact) mass is 590 g/mol. The van der Waals surface area contributed by atoms with Gasteiger partial charge in [0.05, 0.1) is 36.3 Å². The van der Waals surface area contributed by atoms with Crippen LogP contribution in [0.1, 0.15) is 12.8 Å². The van der Waals surface area contributed by atoms with Crippen molar-refractivity contribution in [2.75, 3.05) is 94.1 Å². The van der Waals surface area contributed by atoms with Crippen LogP contribution in [-0.2, 0) is 21.9 Å². The third kappa shape index (κ3) is 34.3. The molecule has 1 aliphatic rings. The van der Waals surface area contributed by atoms with E-state index in [1.807, 2.05) is 14.1 Å². The molecular weight excluding hydrogens is 553 g/mol. The first-order chi connectivity index (χ1) is 14.9. The smallest absolute Gasteiger partial charge is 0.236 e. The molecule has 0 aromatic carbocycles. The van der Waals surface area contributed by atoms with Crippen LogP contribution in [-0.4, -0.2) is 134 Å². The molecule has 14 nitrogen and oxygen atoms in total. The van der Waals surface area contributed by atoms with E-state index < -0.39 is 20.5 Å². The maximum atomic E-state index is 12.0. The van der Waals surface area contributed by atoms with Crippen molar-refractivity contribution in [2.45, 2.75) is 12.8 Å². The van der Waals surface area contributed by atoms with Crippen LogP contribution >= 0.6 is 0 Å². The Labute approximate surface area is 216 Å².